The van der Waals surface area contributed by atoms with Gasteiger partial charge in [0.05, 0.1) is 11.8 Å². The summed E-state index contributed by atoms with van der Waals surface area (Å²) in [5.41, 5.74) is 0.0249. The molecule has 1 saturated carbocycles. The molecule has 1 aliphatic rings. The highest BCUT2D eigenvalue weighted by molar-refractivity contribution is 5.85. The second-order valence-corrected chi connectivity index (χ2v) is 6.58. The lowest BCUT2D eigenvalue weighted by Crippen LogP contribution is -2.39. The van der Waals surface area contributed by atoms with Crippen molar-refractivity contribution in [2.45, 2.75) is 47.0 Å². The monoisotopic (exact) mass is 255 g/mol. The van der Waals surface area contributed by atoms with Crippen molar-refractivity contribution in [1.29, 1.82) is 0 Å². The molecule has 0 spiro atoms. The summed E-state index contributed by atoms with van der Waals surface area (Å²) in [7, 11) is 0. The Balaban J connectivity index is 2.62. The molecule has 0 radical (unpaired) electrons. The van der Waals surface area contributed by atoms with E-state index in [9.17, 15) is 14.7 Å². The van der Waals surface area contributed by atoms with Crippen LogP contribution >= 0.6 is 0 Å². The van der Waals surface area contributed by atoms with Crippen molar-refractivity contribution in [3.8, 4) is 0 Å². The average Bonchev–Trinajstić information content (AvgIpc) is 2.69. The molecule has 0 aromatic heterocycles. The van der Waals surface area contributed by atoms with Gasteiger partial charge in [0.2, 0.25) is 5.91 Å². The number of carboxylic acids is 1. The minimum absolute atomic E-state index is 0.0249. The van der Waals surface area contributed by atoms with Crippen LogP contribution in [0.25, 0.3) is 0 Å². The van der Waals surface area contributed by atoms with Gasteiger partial charge in [-0.1, -0.05) is 34.1 Å². The van der Waals surface area contributed by atoms with Crippen LogP contribution in [0.4, 0.5) is 0 Å². The van der Waals surface area contributed by atoms with Crippen molar-refractivity contribution < 1.29 is 14.7 Å². The second-order valence-electron chi connectivity index (χ2n) is 6.58. The van der Waals surface area contributed by atoms with Gasteiger partial charge in [-0.25, -0.2) is 0 Å². The van der Waals surface area contributed by atoms with Gasteiger partial charge in [0, 0.05) is 6.54 Å². The Morgan fingerprint density at radius 3 is 2.22 bits per heavy atom. The van der Waals surface area contributed by atoms with Gasteiger partial charge in [-0.15, -0.1) is 0 Å². The summed E-state index contributed by atoms with van der Waals surface area (Å²) in [5.74, 6) is -1.41. The molecule has 4 nitrogen and oxygen atoms in total. The lowest BCUT2D eigenvalue weighted by molar-refractivity contribution is -0.146. The Bertz CT molecular complexity index is 319. The van der Waals surface area contributed by atoms with Crippen LogP contribution in [-0.2, 0) is 9.59 Å². The van der Waals surface area contributed by atoms with Crippen LogP contribution in [-0.4, -0.2) is 23.5 Å². The molecule has 0 heterocycles. The number of carbonyl (C=O) groups excluding carboxylic acids is 1. The highest BCUT2D eigenvalue weighted by Crippen LogP contribution is 2.38. The fraction of sp³-hybridized carbons (Fsp3) is 0.857. The Kier molecular flexibility index (Phi) is 4.77. The molecule has 2 N–H and O–H groups in total. The van der Waals surface area contributed by atoms with E-state index >= 15 is 0 Å². The third-order valence-electron chi connectivity index (χ3n) is 3.68. The first-order valence-corrected chi connectivity index (χ1v) is 6.75. The summed E-state index contributed by atoms with van der Waals surface area (Å²) in [4.78, 5) is 23.3. The number of aliphatic carboxylic acids is 1. The van der Waals surface area contributed by atoms with Gasteiger partial charge in [-0.3, -0.25) is 9.59 Å². The normalized spacial score (nSPS) is 28.1. The molecule has 0 aromatic carbocycles. The molecule has 1 amide bonds. The van der Waals surface area contributed by atoms with E-state index in [2.05, 4.69) is 12.2 Å². The van der Waals surface area contributed by atoms with Crippen LogP contribution in [0.3, 0.4) is 0 Å². The molecule has 104 valence electrons. The zero-order valence-electron chi connectivity index (χ0n) is 11.8. The van der Waals surface area contributed by atoms with Gasteiger partial charge >= 0.3 is 5.97 Å². The number of hydrogen-bond donors (Lipinski definition) is 2. The molecule has 3 atom stereocenters. The van der Waals surface area contributed by atoms with Crippen molar-refractivity contribution in [2.24, 2.45) is 23.2 Å². The highest BCUT2D eigenvalue weighted by Gasteiger charge is 2.42. The Morgan fingerprint density at radius 2 is 1.78 bits per heavy atom. The van der Waals surface area contributed by atoms with E-state index in [1.807, 2.05) is 20.8 Å². The van der Waals surface area contributed by atoms with Crippen molar-refractivity contribution in [2.75, 3.05) is 6.54 Å². The van der Waals surface area contributed by atoms with Gasteiger partial charge in [0.1, 0.15) is 0 Å². The standard InChI is InChI=1S/C14H25NO3/c1-5-9-6-10(11(7-9)13(17)18)12(16)15-8-14(2,3)4/h9-11H,5-8H2,1-4H3,(H,15,16)(H,17,18)/t9?,10-,11+/m0/s1. The number of nitrogens with one attached hydrogen (secondary N) is 1. The quantitative estimate of drug-likeness (QED) is 0.810. The fourth-order valence-corrected chi connectivity index (χ4v) is 2.52. The number of hydrogen-bond acceptors (Lipinski definition) is 2. The van der Waals surface area contributed by atoms with Crippen LogP contribution < -0.4 is 5.32 Å². The Labute approximate surface area is 109 Å². The van der Waals surface area contributed by atoms with Crippen molar-refractivity contribution in [3.63, 3.8) is 0 Å². The van der Waals surface area contributed by atoms with Gasteiger partial charge in [0.25, 0.3) is 0 Å². The maximum atomic E-state index is 12.1. The summed E-state index contributed by atoms with van der Waals surface area (Å²) in [6.07, 6.45) is 2.30. The van der Waals surface area contributed by atoms with E-state index in [1.165, 1.54) is 0 Å². The Hall–Kier alpha value is -1.06. The van der Waals surface area contributed by atoms with Gasteiger partial charge in [-0.05, 0) is 24.2 Å². The first-order chi connectivity index (χ1) is 8.24. The smallest absolute Gasteiger partial charge is 0.307 e. The van der Waals surface area contributed by atoms with Crippen LogP contribution in [0.1, 0.15) is 47.0 Å². The first-order valence-electron chi connectivity index (χ1n) is 6.75. The third-order valence-corrected chi connectivity index (χ3v) is 3.68. The van der Waals surface area contributed by atoms with Crippen LogP contribution in [0.2, 0.25) is 0 Å². The topological polar surface area (TPSA) is 66.4 Å². The van der Waals surface area contributed by atoms with E-state index in [4.69, 9.17) is 0 Å². The molecule has 4 heteroatoms. The molecule has 1 unspecified atom stereocenters. The molecule has 0 bridgehead atoms. The van der Waals surface area contributed by atoms with Crippen LogP contribution in [0, 0.1) is 23.2 Å². The molecule has 0 aliphatic heterocycles. The van der Waals surface area contributed by atoms with E-state index < -0.39 is 11.9 Å². The van der Waals surface area contributed by atoms with Crippen LogP contribution in [0.15, 0.2) is 0 Å². The lowest BCUT2D eigenvalue weighted by atomic mass is 9.93. The van der Waals surface area contributed by atoms with E-state index in [0.717, 1.165) is 6.42 Å². The summed E-state index contributed by atoms with van der Waals surface area (Å²) >= 11 is 0. The van der Waals surface area contributed by atoms with E-state index in [1.54, 1.807) is 0 Å². The SMILES string of the molecule is CCC1C[C@H](C(=O)NCC(C)(C)C)[C@H](C(=O)O)C1. The molecule has 1 rings (SSSR count). The summed E-state index contributed by atoms with van der Waals surface area (Å²) < 4.78 is 0. The molecular weight excluding hydrogens is 230 g/mol. The molecule has 1 fully saturated rings. The Morgan fingerprint density at radius 1 is 1.22 bits per heavy atom. The maximum Gasteiger partial charge on any atom is 0.307 e. The average molecular weight is 255 g/mol. The largest absolute Gasteiger partial charge is 0.481 e. The summed E-state index contributed by atoms with van der Waals surface area (Å²) in [5, 5.41) is 12.1. The fourth-order valence-electron chi connectivity index (χ4n) is 2.52. The minimum atomic E-state index is -0.832. The van der Waals surface area contributed by atoms with Gasteiger partial charge in [-0.2, -0.15) is 0 Å². The van der Waals surface area contributed by atoms with Crippen molar-refractivity contribution in [1.82, 2.24) is 5.32 Å². The first kappa shape index (κ1) is 15.0. The van der Waals surface area contributed by atoms with Crippen molar-refractivity contribution >= 4 is 11.9 Å². The minimum Gasteiger partial charge on any atom is -0.481 e. The number of carbonyl (C=O) groups is 2. The molecular formula is C14H25NO3. The second kappa shape index (κ2) is 5.72. The summed E-state index contributed by atoms with van der Waals surface area (Å²) in [6, 6.07) is 0. The molecule has 18 heavy (non-hydrogen) atoms. The zero-order valence-corrected chi connectivity index (χ0v) is 11.8. The van der Waals surface area contributed by atoms with Crippen LogP contribution in [0.5, 0.6) is 0 Å². The number of amides is 1. The third kappa shape index (κ3) is 4.00. The number of rotatable bonds is 4. The highest BCUT2D eigenvalue weighted by atomic mass is 16.4. The zero-order chi connectivity index (χ0) is 13.9. The van der Waals surface area contributed by atoms with Gasteiger partial charge < -0.3 is 10.4 Å². The number of carboxylic acid groups (broad SMARTS) is 1. The molecule has 1 aliphatic carbocycles. The van der Waals surface area contributed by atoms with E-state index in [0.29, 0.717) is 25.3 Å². The lowest BCUT2D eigenvalue weighted by Gasteiger charge is -2.22. The molecule has 0 aromatic rings. The molecule has 0 saturated heterocycles. The van der Waals surface area contributed by atoms with E-state index in [-0.39, 0.29) is 17.2 Å². The predicted molar refractivity (Wildman–Crippen MR) is 70.1 cm³/mol. The summed E-state index contributed by atoms with van der Waals surface area (Å²) in [6.45, 7) is 8.78. The maximum absolute atomic E-state index is 12.1. The van der Waals surface area contributed by atoms with Crippen molar-refractivity contribution in [3.05, 3.63) is 0 Å². The van der Waals surface area contributed by atoms with Gasteiger partial charge in [0.15, 0.2) is 0 Å². The predicted octanol–water partition coefficient (Wildman–Crippen LogP) is 2.29.